The van der Waals surface area contributed by atoms with Crippen LogP contribution in [0.25, 0.3) is 0 Å². The molecule has 0 aromatic carbocycles. The summed E-state index contributed by atoms with van der Waals surface area (Å²) in [7, 11) is 0. The van der Waals surface area contributed by atoms with Crippen LogP contribution in [0.4, 0.5) is 5.82 Å². The van der Waals surface area contributed by atoms with Crippen LogP contribution in [0.15, 0.2) is 28.5 Å². The van der Waals surface area contributed by atoms with E-state index >= 15 is 0 Å². The number of aliphatic hydroxyl groups excluding tert-OH is 2. The van der Waals surface area contributed by atoms with E-state index in [2.05, 4.69) is 10.3 Å². The highest BCUT2D eigenvalue weighted by atomic mass is 32.1. The molecule has 2 aromatic rings. The summed E-state index contributed by atoms with van der Waals surface area (Å²) in [5.41, 5.74) is 0.367. The van der Waals surface area contributed by atoms with Crippen LogP contribution < -0.4 is 11.0 Å². The molecule has 7 nitrogen and oxygen atoms in total. The molecule has 0 saturated carbocycles. The number of ether oxygens (including phenoxy) is 1. The number of nitrogens with one attached hydrogen (secondary N) is 1. The minimum atomic E-state index is -0.783. The van der Waals surface area contributed by atoms with Crippen LogP contribution in [0, 0.1) is 6.92 Å². The molecule has 3 rings (SSSR count). The van der Waals surface area contributed by atoms with Crippen LogP contribution in [0.1, 0.15) is 23.1 Å². The van der Waals surface area contributed by atoms with E-state index in [1.165, 1.54) is 4.57 Å². The number of thiophene rings is 1. The Morgan fingerprint density at radius 3 is 3.04 bits per heavy atom. The number of aryl methyl sites for hydroxylation is 1. The van der Waals surface area contributed by atoms with E-state index in [9.17, 15) is 9.90 Å². The Morgan fingerprint density at radius 1 is 1.57 bits per heavy atom. The molecule has 1 fully saturated rings. The Labute approximate surface area is 137 Å². The first kappa shape index (κ1) is 16.1. The second-order valence-electron chi connectivity index (χ2n) is 5.51. The van der Waals surface area contributed by atoms with Gasteiger partial charge >= 0.3 is 5.69 Å². The second-order valence-corrected chi connectivity index (χ2v) is 6.54. The topological polar surface area (TPSA) is 96.6 Å². The fourth-order valence-electron chi connectivity index (χ4n) is 2.59. The van der Waals surface area contributed by atoms with Crippen molar-refractivity contribution in [1.82, 2.24) is 9.55 Å². The van der Waals surface area contributed by atoms with Crippen LogP contribution in [0.5, 0.6) is 0 Å². The molecule has 0 spiro atoms. The van der Waals surface area contributed by atoms with Crippen LogP contribution in [0.3, 0.4) is 0 Å². The Hall–Kier alpha value is -1.74. The average molecular weight is 337 g/mol. The summed E-state index contributed by atoms with van der Waals surface area (Å²) in [6, 6.07) is 3.98. The van der Waals surface area contributed by atoms with Gasteiger partial charge in [0.05, 0.1) is 19.3 Å². The van der Waals surface area contributed by atoms with Gasteiger partial charge in [0.1, 0.15) is 18.1 Å². The second kappa shape index (κ2) is 6.79. The average Bonchev–Trinajstić information content (AvgIpc) is 3.17. The minimum absolute atomic E-state index is 0.258. The van der Waals surface area contributed by atoms with Crippen LogP contribution >= 0.6 is 11.3 Å². The maximum atomic E-state index is 12.2. The summed E-state index contributed by atoms with van der Waals surface area (Å²) in [6.45, 7) is 2.19. The summed E-state index contributed by atoms with van der Waals surface area (Å²) in [6.07, 6.45) is -0.123. The highest BCUT2D eigenvalue weighted by molar-refractivity contribution is 7.09. The summed E-state index contributed by atoms with van der Waals surface area (Å²) in [4.78, 5) is 17.5. The van der Waals surface area contributed by atoms with Gasteiger partial charge in [-0.3, -0.25) is 4.57 Å². The maximum Gasteiger partial charge on any atom is 0.351 e. The molecule has 1 aliphatic rings. The fraction of sp³-hybridized carbons (Fsp3) is 0.467. The predicted molar refractivity (Wildman–Crippen MR) is 86.5 cm³/mol. The Morgan fingerprint density at radius 2 is 2.39 bits per heavy atom. The summed E-state index contributed by atoms with van der Waals surface area (Å²) in [5.74, 6) is 0.539. The molecule has 0 bridgehead atoms. The van der Waals surface area contributed by atoms with Gasteiger partial charge in [-0.05, 0) is 18.4 Å². The number of aliphatic hydroxyl groups is 2. The number of hydrogen-bond acceptors (Lipinski definition) is 7. The molecule has 3 unspecified atom stereocenters. The third-order valence-corrected chi connectivity index (χ3v) is 4.72. The summed E-state index contributed by atoms with van der Waals surface area (Å²) >= 11 is 1.63. The van der Waals surface area contributed by atoms with E-state index in [1.54, 1.807) is 17.5 Å². The number of rotatable bonds is 5. The molecule has 0 radical (unpaired) electrons. The zero-order chi connectivity index (χ0) is 16.4. The first-order valence-corrected chi connectivity index (χ1v) is 8.27. The lowest BCUT2D eigenvalue weighted by Gasteiger charge is -2.16. The van der Waals surface area contributed by atoms with Gasteiger partial charge in [-0.2, -0.15) is 4.98 Å². The standard InChI is InChI=1S/C15H19N3O4S/c1-9-7-18(13-5-11(20)12(8-19)22-13)15(21)17-14(9)16-6-10-3-2-4-23-10/h2-4,7,11-13,19-20H,5-6,8H2,1H3,(H,16,17,21). The Kier molecular flexibility index (Phi) is 4.76. The quantitative estimate of drug-likeness (QED) is 0.749. The lowest BCUT2D eigenvalue weighted by molar-refractivity contribution is -0.0459. The molecule has 3 heterocycles. The zero-order valence-corrected chi connectivity index (χ0v) is 13.5. The molecular weight excluding hydrogens is 318 g/mol. The fourth-order valence-corrected chi connectivity index (χ4v) is 3.23. The van der Waals surface area contributed by atoms with E-state index in [4.69, 9.17) is 9.84 Å². The van der Waals surface area contributed by atoms with E-state index in [1.807, 2.05) is 24.4 Å². The number of nitrogens with zero attached hydrogens (tertiary/aromatic N) is 2. The highest BCUT2D eigenvalue weighted by Gasteiger charge is 2.35. The van der Waals surface area contributed by atoms with E-state index in [0.29, 0.717) is 12.4 Å². The Bertz CT molecular complexity index is 716. The van der Waals surface area contributed by atoms with Crippen molar-refractivity contribution in [2.24, 2.45) is 0 Å². The van der Waals surface area contributed by atoms with Gasteiger partial charge in [0.2, 0.25) is 0 Å². The molecule has 1 saturated heterocycles. The Balaban J connectivity index is 1.76. The van der Waals surface area contributed by atoms with Crippen molar-refractivity contribution in [2.45, 2.75) is 38.3 Å². The van der Waals surface area contributed by atoms with E-state index < -0.39 is 24.1 Å². The van der Waals surface area contributed by atoms with Crippen molar-refractivity contribution in [3.8, 4) is 0 Å². The molecule has 23 heavy (non-hydrogen) atoms. The smallest absolute Gasteiger partial charge is 0.351 e. The maximum absolute atomic E-state index is 12.2. The van der Waals surface area contributed by atoms with Crippen molar-refractivity contribution >= 4 is 17.2 Å². The largest absolute Gasteiger partial charge is 0.394 e. The molecule has 2 aromatic heterocycles. The van der Waals surface area contributed by atoms with Gasteiger partial charge in [0.25, 0.3) is 0 Å². The van der Waals surface area contributed by atoms with Crippen LogP contribution in [-0.4, -0.2) is 38.6 Å². The lowest BCUT2D eigenvalue weighted by atomic mass is 10.2. The number of anilines is 1. The van der Waals surface area contributed by atoms with Crippen molar-refractivity contribution in [3.05, 3.63) is 44.6 Å². The first-order valence-electron chi connectivity index (χ1n) is 7.39. The zero-order valence-electron chi connectivity index (χ0n) is 12.7. The van der Waals surface area contributed by atoms with Gasteiger partial charge in [0.15, 0.2) is 0 Å². The first-order chi connectivity index (χ1) is 11.1. The van der Waals surface area contributed by atoms with Gasteiger partial charge in [-0.15, -0.1) is 11.3 Å². The molecular formula is C15H19N3O4S. The van der Waals surface area contributed by atoms with E-state index in [-0.39, 0.29) is 13.0 Å². The highest BCUT2D eigenvalue weighted by Crippen LogP contribution is 2.28. The molecule has 3 atom stereocenters. The van der Waals surface area contributed by atoms with Gasteiger partial charge in [0, 0.05) is 23.1 Å². The molecule has 1 aliphatic heterocycles. The lowest BCUT2D eigenvalue weighted by Crippen LogP contribution is -2.29. The SMILES string of the molecule is Cc1cn(C2CC(O)C(CO)O2)c(=O)nc1NCc1cccs1. The molecule has 124 valence electrons. The monoisotopic (exact) mass is 337 g/mol. The van der Waals surface area contributed by atoms with Crippen LogP contribution in [0.2, 0.25) is 0 Å². The minimum Gasteiger partial charge on any atom is -0.394 e. The molecule has 0 amide bonds. The summed E-state index contributed by atoms with van der Waals surface area (Å²) < 4.78 is 6.87. The molecule has 8 heteroatoms. The van der Waals surface area contributed by atoms with Gasteiger partial charge < -0.3 is 20.3 Å². The van der Waals surface area contributed by atoms with Gasteiger partial charge in [-0.25, -0.2) is 4.79 Å². The van der Waals surface area contributed by atoms with Crippen molar-refractivity contribution in [3.63, 3.8) is 0 Å². The molecule has 3 N–H and O–H groups in total. The summed E-state index contributed by atoms with van der Waals surface area (Å²) in [5, 5.41) is 24.1. The third-order valence-electron chi connectivity index (χ3n) is 3.84. The van der Waals surface area contributed by atoms with Crippen molar-refractivity contribution in [1.29, 1.82) is 0 Å². The third kappa shape index (κ3) is 3.45. The van der Waals surface area contributed by atoms with Crippen LogP contribution in [-0.2, 0) is 11.3 Å². The predicted octanol–water partition coefficient (Wildman–Crippen LogP) is 0.866. The number of aromatic nitrogens is 2. The number of hydrogen-bond donors (Lipinski definition) is 3. The van der Waals surface area contributed by atoms with Crippen molar-refractivity contribution < 1.29 is 14.9 Å². The van der Waals surface area contributed by atoms with E-state index in [0.717, 1.165) is 10.4 Å². The van der Waals surface area contributed by atoms with Gasteiger partial charge in [-0.1, -0.05) is 6.07 Å². The normalized spacial score (nSPS) is 24.0. The van der Waals surface area contributed by atoms with Crippen molar-refractivity contribution in [2.75, 3.05) is 11.9 Å². The molecule has 0 aliphatic carbocycles.